The number of likely N-dealkylation sites (tertiary alicyclic amines) is 2. The van der Waals surface area contributed by atoms with E-state index >= 15 is 0 Å². The summed E-state index contributed by atoms with van der Waals surface area (Å²) in [4.78, 5) is 5.01. The molecule has 0 aliphatic carbocycles. The van der Waals surface area contributed by atoms with Gasteiger partial charge in [-0.05, 0) is 33.0 Å². The number of hydrogen-bond donors (Lipinski definition) is 1. The molecule has 3 fully saturated rings. The van der Waals surface area contributed by atoms with E-state index in [2.05, 4.69) is 16.8 Å². The Labute approximate surface area is 116 Å². The van der Waals surface area contributed by atoms with Crippen molar-refractivity contribution in [2.75, 3.05) is 53.0 Å². The Morgan fingerprint density at radius 2 is 1.53 bits per heavy atom. The van der Waals surface area contributed by atoms with E-state index in [1.807, 2.05) is 0 Å². The number of piperidine rings is 2. The topological polar surface area (TPSA) is 51.0 Å². The fraction of sp³-hybridized carbons (Fsp3) is 1.00. The third kappa shape index (κ3) is 2.54. The second-order valence-corrected chi connectivity index (χ2v) is 6.33. The maximum Gasteiger partial charge on any atom is 0.170 e. The summed E-state index contributed by atoms with van der Waals surface area (Å²) in [6, 6.07) is 0. The van der Waals surface area contributed by atoms with Crippen LogP contribution < -0.4 is 5.73 Å². The molecule has 0 atom stereocenters. The maximum atomic E-state index is 6.14. The molecule has 3 heterocycles. The first kappa shape index (κ1) is 13.8. The van der Waals surface area contributed by atoms with Crippen molar-refractivity contribution < 1.29 is 9.47 Å². The molecule has 19 heavy (non-hydrogen) atoms. The lowest BCUT2D eigenvalue weighted by molar-refractivity contribution is -0.194. The van der Waals surface area contributed by atoms with Crippen LogP contribution in [0.15, 0.2) is 0 Å². The minimum atomic E-state index is -0.266. The van der Waals surface area contributed by atoms with Gasteiger partial charge in [0.25, 0.3) is 0 Å². The Balaban J connectivity index is 1.62. The molecular weight excluding hydrogens is 242 g/mol. The van der Waals surface area contributed by atoms with E-state index in [1.54, 1.807) is 0 Å². The monoisotopic (exact) mass is 269 g/mol. The van der Waals surface area contributed by atoms with Crippen molar-refractivity contribution in [3.8, 4) is 0 Å². The second kappa shape index (κ2) is 5.30. The van der Waals surface area contributed by atoms with Crippen molar-refractivity contribution in [3.05, 3.63) is 0 Å². The maximum absolute atomic E-state index is 6.14. The highest BCUT2D eigenvalue weighted by atomic mass is 16.7. The summed E-state index contributed by atoms with van der Waals surface area (Å²) >= 11 is 0. The summed E-state index contributed by atoms with van der Waals surface area (Å²) in [6.45, 7) is 6.72. The van der Waals surface area contributed by atoms with Gasteiger partial charge in [0.1, 0.15) is 0 Å². The molecule has 1 spiro atoms. The van der Waals surface area contributed by atoms with E-state index in [4.69, 9.17) is 15.2 Å². The van der Waals surface area contributed by atoms with E-state index in [1.165, 1.54) is 12.8 Å². The van der Waals surface area contributed by atoms with Gasteiger partial charge in [-0.2, -0.15) is 0 Å². The highest BCUT2D eigenvalue weighted by molar-refractivity contribution is 4.98. The number of nitrogens with two attached hydrogens (primary N) is 1. The van der Waals surface area contributed by atoms with Gasteiger partial charge in [-0.1, -0.05) is 0 Å². The van der Waals surface area contributed by atoms with E-state index in [-0.39, 0.29) is 11.3 Å². The number of nitrogens with zero attached hydrogens (tertiary/aromatic N) is 2. The molecule has 3 aliphatic heterocycles. The van der Waals surface area contributed by atoms with Gasteiger partial charge in [-0.15, -0.1) is 0 Å². The molecule has 5 heteroatoms. The Hall–Kier alpha value is -0.200. The molecule has 0 radical (unpaired) electrons. The molecule has 110 valence electrons. The molecule has 0 amide bonds. The summed E-state index contributed by atoms with van der Waals surface area (Å²) in [5.74, 6) is -0.266. The van der Waals surface area contributed by atoms with Crippen LogP contribution in [0.2, 0.25) is 0 Å². The van der Waals surface area contributed by atoms with Crippen LogP contribution in [0, 0.1) is 0 Å². The third-order valence-electron chi connectivity index (χ3n) is 5.31. The summed E-state index contributed by atoms with van der Waals surface area (Å²) in [6.07, 6.45) is 4.36. The molecular formula is C14H27N3O2. The number of ether oxygens (including phenoxy) is 2. The van der Waals surface area contributed by atoms with Gasteiger partial charge in [0.15, 0.2) is 5.79 Å². The van der Waals surface area contributed by atoms with Crippen LogP contribution in [0.4, 0.5) is 0 Å². The van der Waals surface area contributed by atoms with Crippen molar-refractivity contribution in [1.82, 2.24) is 9.80 Å². The van der Waals surface area contributed by atoms with Gasteiger partial charge >= 0.3 is 0 Å². The zero-order valence-corrected chi connectivity index (χ0v) is 12.1. The van der Waals surface area contributed by atoms with E-state index in [0.717, 1.165) is 58.8 Å². The third-order valence-corrected chi connectivity index (χ3v) is 5.31. The SMILES string of the molecule is CN1CCC(CN)(N2CCC3(CC2)OCCO3)CC1. The van der Waals surface area contributed by atoms with Crippen molar-refractivity contribution in [3.63, 3.8) is 0 Å². The smallest absolute Gasteiger partial charge is 0.170 e. The van der Waals surface area contributed by atoms with E-state index < -0.39 is 0 Å². The standard InChI is InChI=1S/C14H27N3O2/c1-16-6-2-13(12-15,3-7-16)17-8-4-14(5-9-17)18-10-11-19-14/h2-12,15H2,1H3. The molecule has 0 bridgehead atoms. The van der Waals surface area contributed by atoms with Crippen LogP contribution in [-0.4, -0.2) is 74.1 Å². The lowest BCUT2D eigenvalue weighted by atomic mass is 9.83. The number of hydrogen-bond acceptors (Lipinski definition) is 5. The minimum absolute atomic E-state index is 0.215. The molecule has 0 saturated carbocycles. The minimum Gasteiger partial charge on any atom is -0.347 e. The molecule has 0 aromatic heterocycles. The molecule has 2 N–H and O–H groups in total. The van der Waals surface area contributed by atoms with Crippen molar-refractivity contribution in [1.29, 1.82) is 0 Å². The van der Waals surface area contributed by atoms with E-state index in [9.17, 15) is 0 Å². The summed E-state index contributed by atoms with van der Waals surface area (Å²) in [5.41, 5.74) is 6.35. The first-order chi connectivity index (χ1) is 9.18. The van der Waals surface area contributed by atoms with Crippen LogP contribution in [0.3, 0.4) is 0 Å². The first-order valence-corrected chi connectivity index (χ1v) is 7.60. The summed E-state index contributed by atoms with van der Waals surface area (Å²) in [7, 11) is 2.20. The highest BCUT2D eigenvalue weighted by Gasteiger charge is 2.45. The van der Waals surface area contributed by atoms with Crippen LogP contribution in [0.1, 0.15) is 25.7 Å². The fourth-order valence-electron chi connectivity index (χ4n) is 3.79. The number of rotatable bonds is 2. The van der Waals surface area contributed by atoms with Gasteiger partial charge in [0.2, 0.25) is 0 Å². The molecule has 0 aromatic carbocycles. The largest absolute Gasteiger partial charge is 0.347 e. The quantitative estimate of drug-likeness (QED) is 0.779. The predicted octanol–water partition coefficient (Wildman–Crippen LogP) is 0.248. The van der Waals surface area contributed by atoms with Crippen LogP contribution in [0.25, 0.3) is 0 Å². The molecule has 3 aliphatic rings. The second-order valence-electron chi connectivity index (χ2n) is 6.33. The summed E-state index contributed by atoms with van der Waals surface area (Å²) in [5, 5.41) is 0. The summed E-state index contributed by atoms with van der Waals surface area (Å²) < 4.78 is 11.6. The van der Waals surface area contributed by atoms with E-state index in [0.29, 0.717) is 0 Å². The molecule has 3 rings (SSSR count). The Kier molecular flexibility index (Phi) is 3.84. The van der Waals surface area contributed by atoms with Gasteiger partial charge in [0.05, 0.1) is 13.2 Å². The van der Waals surface area contributed by atoms with Gasteiger partial charge < -0.3 is 20.1 Å². The lowest BCUT2D eigenvalue weighted by Crippen LogP contribution is -2.62. The first-order valence-electron chi connectivity index (χ1n) is 7.60. The van der Waals surface area contributed by atoms with Crippen LogP contribution >= 0.6 is 0 Å². The average molecular weight is 269 g/mol. The Bertz CT molecular complexity index is 300. The molecule has 0 aromatic rings. The molecule has 3 saturated heterocycles. The van der Waals surface area contributed by atoms with Gasteiger partial charge in [-0.3, -0.25) is 4.90 Å². The van der Waals surface area contributed by atoms with Crippen molar-refractivity contribution >= 4 is 0 Å². The van der Waals surface area contributed by atoms with Crippen molar-refractivity contribution in [2.24, 2.45) is 5.73 Å². The van der Waals surface area contributed by atoms with Crippen LogP contribution in [-0.2, 0) is 9.47 Å². The zero-order chi connectivity index (χ0) is 13.3. The predicted molar refractivity (Wildman–Crippen MR) is 74.0 cm³/mol. The molecule has 5 nitrogen and oxygen atoms in total. The Morgan fingerprint density at radius 3 is 2.05 bits per heavy atom. The van der Waals surface area contributed by atoms with Crippen molar-refractivity contribution in [2.45, 2.75) is 37.0 Å². The normalized spacial score (nSPS) is 31.9. The fourth-order valence-corrected chi connectivity index (χ4v) is 3.79. The molecule has 0 unspecified atom stereocenters. The highest BCUT2D eigenvalue weighted by Crippen LogP contribution is 2.36. The zero-order valence-electron chi connectivity index (χ0n) is 12.1. The average Bonchev–Trinajstić information content (AvgIpc) is 2.90. The lowest BCUT2D eigenvalue weighted by Gasteiger charge is -2.51. The Morgan fingerprint density at radius 1 is 0.947 bits per heavy atom. The van der Waals surface area contributed by atoms with Crippen LogP contribution in [0.5, 0.6) is 0 Å². The van der Waals surface area contributed by atoms with Gasteiger partial charge in [0, 0.05) is 38.0 Å². The van der Waals surface area contributed by atoms with Gasteiger partial charge in [-0.25, -0.2) is 0 Å².